The number of hydrogen-bond acceptors (Lipinski definition) is 2. The lowest BCUT2D eigenvalue weighted by atomic mass is 10.1. The maximum absolute atomic E-state index is 12.0. The summed E-state index contributed by atoms with van der Waals surface area (Å²) in [5.74, 6) is 0. The second kappa shape index (κ2) is 6.50. The molecular formula is C17H17NO2S. The maximum atomic E-state index is 12.0. The quantitative estimate of drug-likeness (QED) is 0.805. The van der Waals surface area contributed by atoms with Crippen molar-refractivity contribution in [3.63, 3.8) is 0 Å². The molecule has 2 rings (SSSR count). The minimum absolute atomic E-state index is 0.204. The lowest BCUT2D eigenvalue weighted by Crippen LogP contribution is -1.96. The number of sulfonamides is 1. The van der Waals surface area contributed by atoms with Gasteiger partial charge in [0.15, 0.2) is 0 Å². The Bertz CT molecular complexity index is 758. The fourth-order valence-corrected chi connectivity index (χ4v) is 2.61. The Balaban J connectivity index is 2.19. The summed E-state index contributed by atoms with van der Waals surface area (Å²) < 4.78 is 27.8. The molecule has 0 unspecified atom stereocenters. The van der Waals surface area contributed by atoms with Gasteiger partial charge >= 0.3 is 0 Å². The Morgan fingerprint density at radius 1 is 1.00 bits per heavy atom. The van der Waals surface area contributed by atoms with E-state index in [4.69, 9.17) is 0 Å². The molecular weight excluding hydrogens is 282 g/mol. The Kier molecular flexibility index (Phi) is 4.70. The third-order valence-electron chi connectivity index (χ3n) is 3.07. The zero-order valence-electron chi connectivity index (χ0n) is 12.0. The van der Waals surface area contributed by atoms with E-state index in [2.05, 4.69) is 4.40 Å². The molecule has 0 heterocycles. The van der Waals surface area contributed by atoms with Crippen molar-refractivity contribution in [3.8, 4) is 0 Å². The average Bonchev–Trinajstić information content (AvgIpc) is 2.48. The van der Waals surface area contributed by atoms with Crippen LogP contribution in [0, 0.1) is 6.92 Å². The van der Waals surface area contributed by atoms with Gasteiger partial charge < -0.3 is 0 Å². The summed E-state index contributed by atoms with van der Waals surface area (Å²) in [6.07, 6.45) is 3.03. The SMILES string of the molecule is C/C(=C/C=NS(=O)(=O)c1ccc(C)cc1)c1ccccc1. The van der Waals surface area contributed by atoms with Gasteiger partial charge in [-0.2, -0.15) is 12.8 Å². The Hall–Kier alpha value is -2.20. The van der Waals surface area contributed by atoms with Gasteiger partial charge in [0.05, 0.1) is 4.90 Å². The lowest BCUT2D eigenvalue weighted by molar-refractivity contribution is 0.598. The number of benzene rings is 2. The summed E-state index contributed by atoms with van der Waals surface area (Å²) in [5, 5.41) is 0. The molecule has 0 aliphatic rings. The van der Waals surface area contributed by atoms with Gasteiger partial charge in [-0.15, -0.1) is 0 Å². The van der Waals surface area contributed by atoms with Gasteiger partial charge in [-0.05, 0) is 43.2 Å². The number of allylic oxidation sites excluding steroid dienone is 2. The Morgan fingerprint density at radius 3 is 2.24 bits per heavy atom. The predicted octanol–water partition coefficient (Wildman–Crippen LogP) is 3.86. The number of nitrogens with zero attached hydrogens (tertiary/aromatic N) is 1. The highest BCUT2D eigenvalue weighted by Crippen LogP contribution is 2.14. The third kappa shape index (κ3) is 4.13. The van der Waals surface area contributed by atoms with Crippen molar-refractivity contribution in [2.24, 2.45) is 4.40 Å². The minimum atomic E-state index is -3.63. The second-order valence-corrected chi connectivity index (χ2v) is 6.39. The fourth-order valence-electron chi connectivity index (χ4n) is 1.79. The second-order valence-electron chi connectivity index (χ2n) is 4.76. The van der Waals surface area contributed by atoms with E-state index in [0.29, 0.717) is 0 Å². The molecule has 0 atom stereocenters. The minimum Gasteiger partial charge on any atom is -0.199 e. The molecule has 0 amide bonds. The molecule has 0 radical (unpaired) electrons. The fraction of sp³-hybridized carbons (Fsp3) is 0.118. The summed E-state index contributed by atoms with van der Waals surface area (Å²) in [7, 11) is -3.63. The first-order valence-electron chi connectivity index (χ1n) is 6.58. The van der Waals surface area contributed by atoms with Crippen molar-refractivity contribution in [2.75, 3.05) is 0 Å². The van der Waals surface area contributed by atoms with Crippen molar-refractivity contribution in [1.29, 1.82) is 0 Å². The summed E-state index contributed by atoms with van der Waals surface area (Å²) >= 11 is 0. The van der Waals surface area contributed by atoms with Crippen molar-refractivity contribution < 1.29 is 8.42 Å². The van der Waals surface area contributed by atoms with Crippen LogP contribution in [0.4, 0.5) is 0 Å². The first-order valence-corrected chi connectivity index (χ1v) is 8.02. The summed E-state index contributed by atoms with van der Waals surface area (Å²) in [4.78, 5) is 0.204. The molecule has 0 aliphatic heterocycles. The molecule has 0 saturated carbocycles. The smallest absolute Gasteiger partial charge is 0.199 e. The summed E-state index contributed by atoms with van der Waals surface area (Å²) in [5.41, 5.74) is 3.01. The van der Waals surface area contributed by atoms with Gasteiger partial charge in [-0.25, -0.2) is 0 Å². The normalized spacial score (nSPS) is 12.8. The van der Waals surface area contributed by atoms with Crippen LogP contribution in [-0.4, -0.2) is 14.6 Å². The third-order valence-corrected chi connectivity index (χ3v) is 4.34. The molecule has 0 spiro atoms. The topological polar surface area (TPSA) is 46.5 Å². The van der Waals surface area contributed by atoms with Gasteiger partial charge in [0.2, 0.25) is 0 Å². The molecule has 21 heavy (non-hydrogen) atoms. The summed E-state index contributed by atoms with van der Waals surface area (Å²) in [6, 6.07) is 16.4. The zero-order valence-corrected chi connectivity index (χ0v) is 12.8. The van der Waals surface area contributed by atoms with Gasteiger partial charge in [0.1, 0.15) is 0 Å². The monoisotopic (exact) mass is 299 g/mol. The van der Waals surface area contributed by atoms with Crippen molar-refractivity contribution in [1.82, 2.24) is 0 Å². The van der Waals surface area contributed by atoms with Crippen LogP contribution in [0.1, 0.15) is 18.1 Å². The van der Waals surface area contributed by atoms with E-state index in [-0.39, 0.29) is 4.90 Å². The van der Waals surface area contributed by atoms with Crippen LogP contribution in [0.3, 0.4) is 0 Å². The number of aryl methyl sites for hydroxylation is 1. The van der Waals surface area contributed by atoms with Crippen LogP contribution in [0.2, 0.25) is 0 Å². The van der Waals surface area contributed by atoms with E-state index >= 15 is 0 Å². The molecule has 3 nitrogen and oxygen atoms in total. The highest BCUT2D eigenvalue weighted by Gasteiger charge is 2.10. The molecule has 108 valence electrons. The van der Waals surface area contributed by atoms with Crippen LogP contribution in [-0.2, 0) is 10.0 Å². The van der Waals surface area contributed by atoms with Crippen LogP contribution < -0.4 is 0 Å². The first-order chi connectivity index (χ1) is 9.99. The molecule has 0 saturated heterocycles. The van der Waals surface area contributed by atoms with E-state index < -0.39 is 10.0 Å². The molecule has 0 N–H and O–H groups in total. The van der Waals surface area contributed by atoms with Crippen LogP contribution >= 0.6 is 0 Å². The molecule has 0 fully saturated rings. The molecule has 2 aromatic rings. The molecule has 4 heteroatoms. The van der Waals surface area contributed by atoms with E-state index in [9.17, 15) is 8.42 Å². The van der Waals surface area contributed by atoms with E-state index in [1.807, 2.05) is 44.2 Å². The van der Waals surface area contributed by atoms with Crippen molar-refractivity contribution in [2.45, 2.75) is 18.7 Å². The highest BCUT2D eigenvalue weighted by molar-refractivity contribution is 7.90. The van der Waals surface area contributed by atoms with Gasteiger partial charge in [0, 0.05) is 6.21 Å². The standard InChI is InChI=1S/C17H17NO2S/c1-14-8-10-17(11-9-14)21(19,20)18-13-12-15(2)16-6-4-3-5-7-16/h3-13H,1-2H3/b15-12-,18-13?. The molecule has 2 aromatic carbocycles. The molecule has 0 bridgehead atoms. The first kappa shape index (κ1) is 15.2. The van der Waals surface area contributed by atoms with E-state index in [1.54, 1.807) is 30.3 Å². The van der Waals surface area contributed by atoms with Crippen LogP contribution in [0.15, 0.2) is 70.0 Å². The Labute approximate surface area is 125 Å². The molecule has 0 aromatic heterocycles. The maximum Gasteiger partial charge on any atom is 0.282 e. The number of rotatable bonds is 4. The zero-order chi connectivity index (χ0) is 15.3. The van der Waals surface area contributed by atoms with Crippen LogP contribution in [0.5, 0.6) is 0 Å². The van der Waals surface area contributed by atoms with Gasteiger partial charge in [0.25, 0.3) is 10.0 Å². The van der Waals surface area contributed by atoms with Crippen molar-refractivity contribution >= 4 is 21.8 Å². The number of hydrogen-bond donors (Lipinski definition) is 0. The lowest BCUT2D eigenvalue weighted by Gasteiger charge is -2.00. The van der Waals surface area contributed by atoms with E-state index in [1.165, 1.54) is 6.21 Å². The van der Waals surface area contributed by atoms with Gasteiger partial charge in [-0.3, -0.25) is 0 Å². The van der Waals surface area contributed by atoms with Gasteiger partial charge in [-0.1, -0.05) is 48.0 Å². The predicted molar refractivity (Wildman–Crippen MR) is 86.9 cm³/mol. The molecule has 0 aliphatic carbocycles. The Morgan fingerprint density at radius 2 is 1.62 bits per heavy atom. The highest BCUT2D eigenvalue weighted by atomic mass is 32.2. The summed E-state index contributed by atoms with van der Waals surface area (Å²) in [6.45, 7) is 3.82. The largest absolute Gasteiger partial charge is 0.282 e. The average molecular weight is 299 g/mol. The van der Waals surface area contributed by atoms with Crippen molar-refractivity contribution in [3.05, 3.63) is 71.8 Å². The van der Waals surface area contributed by atoms with Crippen LogP contribution in [0.25, 0.3) is 5.57 Å². The van der Waals surface area contributed by atoms with E-state index in [0.717, 1.165) is 16.7 Å².